The highest BCUT2D eigenvalue weighted by molar-refractivity contribution is 9.10. The summed E-state index contributed by atoms with van der Waals surface area (Å²) in [7, 11) is -0.599. The summed E-state index contributed by atoms with van der Waals surface area (Å²) in [5.41, 5.74) is 0.460. The van der Waals surface area contributed by atoms with Gasteiger partial charge in [0, 0.05) is 41.6 Å². The SMILES string of the molecule is COCOc1cc(C(F)(F)F)cc(C)c1-c1cc2c(Br)cn(C34COCC(O[Si](C)(C)C(C)(C)C)(C3)C4)c2nn1. The predicted molar refractivity (Wildman–Crippen MR) is 152 cm³/mol. The maximum atomic E-state index is 13.5. The molecule has 4 heterocycles. The molecule has 0 amide bonds. The Kier molecular flexibility index (Phi) is 7.22. The number of hydrogen-bond donors (Lipinski definition) is 0. The quantitative estimate of drug-likeness (QED) is 0.197. The van der Waals surface area contributed by atoms with Gasteiger partial charge in [-0.25, -0.2) is 0 Å². The van der Waals surface area contributed by atoms with Crippen LogP contribution in [0.25, 0.3) is 22.3 Å². The summed E-state index contributed by atoms with van der Waals surface area (Å²) < 4.78 is 67.0. The van der Waals surface area contributed by atoms with Crippen molar-refractivity contribution in [2.45, 2.75) is 76.0 Å². The molecule has 2 bridgehead atoms. The number of rotatable bonds is 7. The van der Waals surface area contributed by atoms with E-state index >= 15 is 0 Å². The summed E-state index contributed by atoms with van der Waals surface area (Å²) in [5.74, 6) is 0.0317. The van der Waals surface area contributed by atoms with Crippen LogP contribution in [0, 0.1) is 6.92 Å². The Bertz CT molecular complexity index is 1450. The molecule has 218 valence electrons. The van der Waals surface area contributed by atoms with Crippen LogP contribution in [0.2, 0.25) is 18.1 Å². The predicted octanol–water partition coefficient (Wildman–Crippen LogP) is 7.45. The van der Waals surface area contributed by atoms with Gasteiger partial charge in [0.1, 0.15) is 5.75 Å². The first kappa shape index (κ1) is 29.5. The van der Waals surface area contributed by atoms with Crippen LogP contribution in [0.5, 0.6) is 5.75 Å². The number of aryl methyl sites for hydroxylation is 1. The van der Waals surface area contributed by atoms with Crippen molar-refractivity contribution in [1.29, 1.82) is 0 Å². The zero-order chi connectivity index (χ0) is 29.3. The van der Waals surface area contributed by atoms with Crippen LogP contribution in [-0.2, 0) is 25.6 Å². The van der Waals surface area contributed by atoms with E-state index in [1.807, 2.05) is 12.3 Å². The lowest BCUT2D eigenvalue weighted by molar-refractivity contribution is -0.218. The van der Waals surface area contributed by atoms with Crippen LogP contribution < -0.4 is 4.74 Å². The molecule has 0 N–H and O–H groups in total. The van der Waals surface area contributed by atoms with Crippen LogP contribution in [0.4, 0.5) is 13.2 Å². The third-order valence-corrected chi connectivity index (χ3v) is 13.7. The molecule has 1 saturated carbocycles. The Hall–Kier alpha value is -1.99. The Morgan fingerprint density at radius 3 is 2.42 bits per heavy atom. The summed E-state index contributed by atoms with van der Waals surface area (Å²) in [6.45, 7) is 13.8. The Morgan fingerprint density at radius 1 is 1.10 bits per heavy atom. The minimum atomic E-state index is -4.52. The molecule has 2 aromatic heterocycles. The van der Waals surface area contributed by atoms with Crippen LogP contribution in [-0.4, -0.2) is 55.8 Å². The van der Waals surface area contributed by atoms with E-state index < -0.39 is 20.1 Å². The normalized spacial score (nSPS) is 23.4. The Balaban J connectivity index is 1.52. The van der Waals surface area contributed by atoms with Crippen molar-refractivity contribution >= 4 is 35.3 Å². The van der Waals surface area contributed by atoms with E-state index in [1.165, 1.54) is 7.11 Å². The second-order valence-corrected chi connectivity index (χ2v) is 18.2. The molecule has 12 heteroatoms. The molecule has 1 aromatic carbocycles. The second kappa shape index (κ2) is 9.79. The van der Waals surface area contributed by atoms with E-state index in [1.54, 1.807) is 6.92 Å². The van der Waals surface area contributed by atoms with Crippen molar-refractivity contribution in [2.75, 3.05) is 27.1 Å². The molecule has 3 aliphatic rings. The second-order valence-electron chi connectivity index (χ2n) is 12.6. The summed E-state index contributed by atoms with van der Waals surface area (Å²) >= 11 is 3.68. The first-order valence-electron chi connectivity index (χ1n) is 13.2. The molecule has 3 fully saturated rings. The van der Waals surface area contributed by atoms with Gasteiger partial charge in [-0.1, -0.05) is 20.8 Å². The van der Waals surface area contributed by atoms with Gasteiger partial charge in [0.2, 0.25) is 0 Å². The maximum Gasteiger partial charge on any atom is 0.416 e. The number of halogens is 4. The minimum Gasteiger partial charge on any atom is -0.467 e. The molecule has 3 aromatic rings. The molecule has 0 unspecified atom stereocenters. The Labute approximate surface area is 241 Å². The summed E-state index contributed by atoms with van der Waals surface area (Å²) in [5, 5.41) is 9.93. The molecule has 0 spiro atoms. The van der Waals surface area contributed by atoms with E-state index in [0.29, 0.717) is 35.7 Å². The van der Waals surface area contributed by atoms with E-state index in [0.717, 1.165) is 34.8 Å². The third kappa shape index (κ3) is 4.99. The van der Waals surface area contributed by atoms with Gasteiger partial charge in [0.15, 0.2) is 20.8 Å². The summed E-state index contributed by atoms with van der Waals surface area (Å²) in [6, 6.07) is 3.90. The molecule has 0 atom stereocenters. The van der Waals surface area contributed by atoms with E-state index in [4.69, 9.17) is 18.6 Å². The lowest BCUT2D eigenvalue weighted by Gasteiger charge is -2.62. The van der Waals surface area contributed by atoms with Gasteiger partial charge >= 0.3 is 6.18 Å². The highest BCUT2D eigenvalue weighted by Gasteiger charge is 2.63. The van der Waals surface area contributed by atoms with Crippen LogP contribution in [0.1, 0.15) is 44.7 Å². The molecular formula is C28H35BrF3N3O4Si. The lowest BCUT2D eigenvalue weighted by atomic mass is 9.63. The fourth-order valence-corrected chi connectivity index (χ4v) is 7.85. The number of alkyl halides is 3. The van der Waals surface area contributed by atoms with Gasteiger partial charge in [-0.15, -0.1) is 10.2 Å². The van der Waals surface area contributed by atoms with E-state index in [9.17, 15) is 13.2 Å². The van der Waals surface area contributed by atoms with Crippen molar-refractivity contribution in [3.8, 4) is 17.0 Å². The molecule has 7 nitrogen and oxygen atoms in total. The summed E-state index contributed by atoms with van der Waals surface area (Å²) in [6.07, 6.45) is -0.883. The van der Waals surface area contributed by atoms with Crippen molar-refractivity contribution in [3.05, 3.63) is 40.0 Å². The average molecular weight is 643 g/mol. The van der Waals surface area contributed by atoms with Gasteiger partial charge in [-0.05, 0) is 64.7 Å². The zero-order valence-electron chi connectivity index (χ0n) is 23.8. The number of ether oxygens (including phenoxy) is 3. The molecular weight excluding hydrogens is 607 g/mol. The molecule has 6 rings (SSSR count). The highest BCUT2D eigenvalue weighted by atomic mass is 79.9. The number of fused-ring (bicyclic) bond motifs is 3. The van der Waals surface area contributed by atoms with Gasteiger partial charge in [0.25, 0.3) is 0 Å². The summed E-state index contributed by atoms with van der Waals surface area (Å²) in [4.78, 5) is 0. The highest BCUT2D eigenvalue weighted by Crippen LogP contribution is 2.57. The van der Waals surface area contributed by atoms with E-state index in [-0.39, 0.29) is 28.7 Å². The molecule has 1 aliphatic carbocycles. The topological polar surface area (TPSA) is 67.6 Å². The number of hydrogen-bond acceptors (Lipinski definition) is 6. The van der Waals surface area contributed by atoms with Crippen molar-refractivity contribution in [2.24, 2.45) is 0 Å². The van der Waals surface area contributed by atoms with Crippen LogP contribution in [0.15, 0.2) is 28.9 Å². The third-order valence-electron chi connectivity index (χ3n) is 8.54. The van der Waals surface area contributed by atoms with Gasteiger partial charge in [-0.3, -0.25) is 0 Å². The number of methoxy groups -OCH3 is 1. The minimum absolute atomic E-state index is 0.0317. The van der Waals surface area contributed by atoms with Crippen LogP contribution in [0.3, 0.4) is 0 Å². The first-order chi connectivity index (χ1) is 18.5. The van der Waals surface area contributed by atoms with Gasteiger partial charge < -0.3 is 23.2 Å². The fourth-order valence-electron chi connectivity index (χ4n) is 5.76. The average Bonchev–Trinajstić information content (AvgIpc) is 3.16. The van der Waals surface area contributed by atoms with Gasteiger partial charge in [0.05, 0.1) is 35.6 Å². The smallest absolute Gasteiger partial charge is 0.416 e. The number of nitrogens with zero attached hydrogens (tertiary/aromatic N) is 3. The lowest BCUT2D eigenvalue weighted by Crippen LogP contribution is -2.70. The fraction of sp³-hybridized carbons (Fsp3) is 0.571. The molecule has 0 radical (unpaired) electrons. The number of benzene rings is 1. The molecule has 2 aliphatic heterocycles. The largest absolute Gasteiger partial charge is 0.467 e. The van der Waals surface area contributed by atoms with Crippen molar-refractivity contribution < 1.29 is 31.8 Å². The maximum absolute atomic E-state index is 13.5. The Morgan fingerprint density at radius 2 is 1.80 bits per heavy atom. The van der Waals surface area contributed by atoms with Crippen molar-refractivity contribution in [3.63, 3.8) is 0 Å². The molecule has 40 heavy (non-hydrogen) atoms. The first-order valence-corrected chi connectivity index (χ1v) is 16.9. The standard InChI is InChI=1S/C28H35BrF3N3O4Si/c1-17-8-18(28(30,31)32)9-22(38-16-36-5)23(17)21-10-19-20(29)11-35(24(19)34-33-21)26-12-27(13-26,15-37-14-26)39-40(6,7)25(2,3)4/h8-11H,12-16H2,1-7H3. The molecule has 2 saturated heterocycles. The zero-order valence-corrected chi connectivity index (χ0v) is 26.4. The van der Waals surface area contributed by atoms with Gasteiger partial charge in [-0.2, -0.15) is 13.2 Å². The van der Waals surface area contributed by atoms with Crippen molar-refractivity contribution in [1.82, 2.24) is 14.8 Å². The van der Waals surface area contributed by atoms with E-state index in [2.05, 4.69) is 64.6 Å². The number of aromatic nitrogens is 3. The van der Waals surface area contributed by atoms with Crippen LogP contribution >= 0.6 is 15.9 Å². The monoisotopic (exact) mass is 641 g/mol.